The summed E-state index contributed by atoms with van der Waals surface area (Å²) in [5.74, 6) is 1.22. The molecule has 1 amide bonds. The van der Waals surface area contributed by atoms with Crippen LogP contribution in [0.2, 0.25) is 0 Å². The molecule has 4 nitrogen and oxygen atoms in total. The Morgan fingerprint density at radius 2 is 2.10 bits per heavy atom. The van der Waals surface area contributed by atoms with E-state index in [9.17, 15) is 4.79 Å². The number of amides is 1. The van der Waals surface area contributed by atoms with Crippen LogP contribution < -0.4 is 10.6 Å². The maximum absolute atomic E-state index is 12.4. The number of hydrogen-bond donors (Lipinski definition) is 2. The van der Waals surface area contributed by atoms with Crippen LogP contribution in [0.5, 0.6) is 0 Å². The molecular formula is C17H33N3O. The molecule has 4 heteroatoms. The summed E-state index contributed by atoms with van der Waals surface area (Å²) in [5.41, 5.74) is 0.0584. The van der Waals surface area contributed by atoms with Crippen molar-refractivity contribution in [2.75, 3.05) is 26.2 Å². The molecule has 2 rings (SSSR count). The van der Waals surface area contributed by atoms with Crippen molar-refractivity contribution >= 4 is 5.91 Å². The Bertz CT molecular complexity index is 356. The monoisotopic (exact) mass is 295 g/mol. The topological polar surface area (TPSA) is 44.4 Å². The summed E-state index contributed by atoms with van der Waals surface area (Å²) in [7, 11) is 0. The second-order valence-electron chi connectivity index (χ2n) is 7.80. The number of rotatable bonds is 4. The van der Waals surface area contributed by atoms with Gasteiger partial charge in [-0.05, 0) is 65.5 Å². The predicted octanol–water partition coefficient (Wildman–Crippen LogP) is 2.00. The van der Waals surface area contributed by atoms with Crippen molar-refractivity contribution in [1.29, 1.82) is 0 Å². The fraction of sp³-hybridized carbons (Fsp3) is 0.941. The molecule has 0 radical (unpaired) electrons. The Labute approximate surface area is 130 Å². The normalized spacial score (nSPS) is 31.9. The maximum atomic E-state index is 12.4. The molecule has 0 aromatic carbocycles. The second kappa shape index (κ2) is 7.10. The minimum Gasteiger partial charge on any atom is -0.354 e. The SMILES string of the molecule is CC1CCCN(C(C)(C)CNC(=O)[C@H]2CCN[C@@H](C)C2)C1. The van der Waals surface area contributed by atoms with Gasteiger partial charge in [-0.1, -0.05) is 6.92 Å². The van der Waals surface area contributed by atoms with Gasteiger partial charge in [-0.3, -0.25) is 9.69 Å². The summed E-state index contributed by atoms with van der Waals surface area (Å²) in [6, 6.07) is 0.463. The first kappa shape index (κ1) is 16.8. The summed E-state index contributed by atoms with van der Waals surface area (Å²) >= 11 is 0. The Morgan fingerprint density at radius 3 is 2.76 bits per heavy atom. The van der Waals surface area contributed by atoms with Crippen LogP contribution in [0.4, 0.5) is 0 Å². The molecule has 2 saturated heterocycles. The molecule has 0 aliphatic carbocycles. The Balaban J connectivity index is 1.81. The van der Waals surface area contributed by atoms with E-state index in [0.717, 1.165) is 44.9 Å². The largest absolute Gasteiger partial charge is 0.354 e. The molecule has 2 aliphatic heterocycles. The van der Waals surface area contributed by atoms with Crippen molar-refractivity contribution in [3.05, 3.63) is 0 Å². The molecule has 0 spiro atoms. The average molecular weight is 295 g/mol. The van der Waals surface area contributed by atoms with E-state index in [1.807, 2.05) is 0 Å². The van der Waals surface area contributed by atoms with Crippen molar-refractivity contribution < 1.29 is 4.79 Å². The van der Waals surface area contributed by atoms with Crippen LogP contribution in [0, 0.1) is 11.8 Å². The third kappa shape index (κ3) is 4.68. The van der Waals surface area contributed by atoms with Gasteiger partial charge in [0.1, 0.15) is 0 Å². The highest BCUT2D eigenvalue weighted by Crippen LogP contribution is 2.23. The quantitative estimate of drug-likeness (QED) is 0.834. The molecule has 0 aromatic rings. The Kier molecular flexibility index (Phi) is 5.67. The van der Waals surface area contributed by atoms with Gasteiger partial charge in [-0.25, -0.2) is 0 Å². The molecule has 2 heterocycles. The third-order valence-electron chi connectivity index (χ3n) is 5.20. The molecule has 122 valence electrons. The van der Waals surface area contributed by atoms with Gasteiger partial charge in [-0.15, -0.1) is 0 Å². The molecule has 2 aliphatic rings. The van der Waals surface area contributed by atoms with E-state index >= 15 is 0 Å². The standard InChI is InChI=1S/C17H33N3O/c1-13-6-5-9-20(11-13)17(3,4)12-19-16(21)15-7-8-18-14(2)10-15/h13-15,18H,5-12H2,1-4H3,(H,19,21)/t13?,14-,15-/m0/s1. The number of nitrogens with one attached hydrogen (secondary N) is 2. The highest BCUT2D eigenvalue weighted by Gasteiger charge is 2.32. The summed E-state index contributed by atoms with van der Waals surface area (Å²) in [6.07, 6.45) is 4.56. The van der Waals surface area contributed by atoms with Crippen LogP contribution in [0.15, 0.2) is 0 Å². The van der Waals surface area contributed by atoms with Gasteiger partial charge in [-0.2, -0.15) is 0 Å². The molecule has 0 aromatic heterocycles. The number of carbonyl (C=O) groups is 1. The Hall–Kier alpha value is -0.610. The van der Waals surface area contributed by atoms with Crippen LogP contribution in [0.1, 0.15) is 53.4 Å². The lowest BCUT2D eigenvalue weighted by Crippen LogP contribution is -2.55. The molecule has 3 atom stereocenters. The molecule has 2 fully saturated rings. The molecule has 21 heavy (non-hydrogen) atoms. The third-order valence-corrected chi connectivity index (χ3v) is 5.20. The van der Waals surface area contributed by atoms with Gasteiger partial charge in [0, 0.05) is 30.6 Å². The number of hydrogen-bond acceptors (Lipinski definition) is 3. The van der Waals surface area contributed by atoms with Gasteiger partial charge in [0.05, 0.1) is 0 Å². The zero-order chi connectivity index (χ0) is 15.5. The fourth-order valence-electron chi connectivity index (χ4n) is 3.67. The first-order chi connectivity index (χ1) is 9.88. The summed E-state index contributed by atoms with van der Waals surface area (Å²) < 4.78 is 0. The van der Waals surface area contributed by atoms with Crippen LogP contribution >= 0.6 is 0 Å². The molecule has 0 saturated carbocycles. The van der Waals surface area contributed by atoms with Gasteiger partial charge in [0.25, 0.3) is 0 Å². The highest BCUT2D eigenvalue weighted by molar-refractivity contribution is 5.78. The van der Waals surface area contributed by atoms with Crippen LogP contribution in [-0.2, 0) is 4.79 Å². The highest BCUT2D eigenvalue weighted by atomic mass is 16.1. The van der Waals surface area contributed by atoms with E-state index < -0.39 is 0 Å². The fourth-order valence-corrected chi connectivity index (χ4v) is 3.67. The van der Waals surface area contributed by atoms with Crippen LogP contribution in [0.25, 0.3) is 0 Å². The van der Waals surface area contributed by atoms with Crippen molar-refractivity contribution in [3.63, 3.8) is 0 Å². The number of piperidine rings is 2. The van der Waals surface area contributed by atoms with Crippen LogP contribution in [0.3, 0.4) is 0 Å². The lowest BCUT2D eigenvalue weighted by atomic mass is 9.91. The van der Waals surface area contributed by atoms with E-state index in [1.165, 1.54) is 12.8 Å². The van der Waals surface area contributed by atoms with Crippen molar-refractivity contribution in [2.45, 2.75) is 65.0 Å². The average Bonchev–Trinajstić information content (AvgIpc) is 2.45. The summed E-state index contributed by atoms with van der Waals surface area (Å²) in [5, 5.41) is 6.62. The minimum absolute atomic E-state index is 0.0584. The van der Waals surface area contributed by atoms with Crippen molar-refractivity contribution in [2.24, 2.45) is 11.8 Å². The second-order valence-corrected chi connectivity index (χ2v) is 7.80. The van der Waals surface area contributed by atoms with Crippen LogP contribution in [-0.4, -0.2) is 48.6 Å². The first-order valence-corrected chi connectivity index (χ1v) is 8.64. The van der Waals surface area contributed by atoms with Gasteiger partial charge >= 0.3 is 0 Å². The first-order valence-electron chi connectivity index (χ1n) is 8.64. The number of likely N-dealkylation sites (tertiary alicyclic amines) is 1. The zero-order valence-electron chi connectivity index (χ0n) is 14.2. The smallest absolute Gasteiger partial charge is 0.223 e. The zero-order valence-corrected chi connectivity index (χ0v) is 14.2. The molecule has 2 N–H and O–H groups in total. The number of nitrogens with zero attached hydrogens (tertiary/aromatic N) is 1. The molecule has 0 bridgehead atoms. The van der Waals surface area contributed by atoms with Gasteiger partial charge in [0.15, 0.2) is 0 Å². The molecule has 1 unspecified atom stereocenters. The minimum atomic E-state index is 0.0584. The van der Waals surface area contributed by atoms with Crippen molar-refractivity contribution in [1.82, 2.24) is 15.5 Å². The summed E-state index contributed by atoms with van der Waals surface area (Å²) in [6.45, 7) is 13.1. The summed E-state index contributed by atoms with van der Waals surface area (Å²) in [4.78, 5) is 14.9. The van der Waals surface area contributed by atoms with Crippen molar-refractivity contribution in [3.8, 4) is 0 Å². The lowest BCUT2D eigenvalue weighted by Gasteiger charge is -2.43. The molecular weight excluding hydrogens is 262 g/mol. The maximum Gasteiger partial charge on any atom is 0.223 e. The predicted molar refractivity (Wildman–Crippen MR) is 87.2 cm³/mol. The van der Waals surface area contributed by atoms with E-state index in [1.54, 1.807) is 0 Å². The van der Waals surface area contributed by atoms with E-state index in [4.69, 9.17) is 0 Å². The van der Waals surface area contributed by atoms with E-state index in [2.05, 4.69) is 43.2 Å². The Morgan fingerprint density at radius 1 is 1.33 bits per heavy atom. The van der Waals surface area contributed by atoms with Gasteiger partial charge < -0.3 is 10.6 Å². The van der Waals surface area contributed by atoms with Gasteiger partial charge in [0.2, 0.25) is 5.91 Å². The lowest BCUT2D eigenvalue weighted by molar-refractivity contribution is -0.126. The van der Waals surface area contributed by atoms with E-state index in [-0.39, 0.29) is 17.4 Å². The number of carbonyl (C=O) groups excluding carboxylic acids is 1. The van der Waals surface area contributed by atoms with E-state index in [0.29, 0.717) is 6.04 Å².